The minimum Gasteiger partial charge on any atom is -0.324 e. The molecule has 0 aliphatic carbocycles. The van der Waals surface area contributed by atoms with Crippen molar-refractivity contribution < 1.29 is 0 Å². The fourth-order valence-electron chi connectivity index (χ4n) is 1.13. The van der Waals surface area contributed by atoms with Crippen molar-refractivity contribution in [3.8, 4) is 0 Å². The maximum Gasteiger partial charge on any atom is 0.0537 e. The molecular weight excluding hydrogens is 162 g/mol. The van der Waals surface area contributed by atoms with E-state index < -0.39 is 0 Å². The van der Waals surface area contributed by atoms with E-state index in [-0.39, 0.29) is 6.04 Å². The van der Waals surface area contributed by atoms with Gasteiger partial charge < -0.3 is 5.73 Å². The fourth-order valence-corrected chi connectivity index (χ4v) is 1.13. The van der Waals surface area contributed by atoms with Gasteiger partial charge in [-0.05, 0) is 19.3 Å². The SMILES string of the molecule is CC(C)CCn1cc(C(C)N)cn1. The molecule has 0 spiro atoms. The molecule has 0 amide bonds. The molecule has 0 fully saturated rings. The van der Waals surface area contributed by atoms with E-state index in [1.165, 1.54) is 6.42 Å². The third-order valence-electron chi connectivity index (χ3n) is 2.11. The summed E-state index contributed by atoms with van der Waals surface area (Å²) in [6, 6.07) is 0.0906. The molecule has 3 nitrogen and oxygen atoms in total. The second kappa shape index (κ2) is 4.42. The minimum atomic E-state index is 0.0906. The number of hydrogen-bond acceptors (Lipinski definition) is 2. The zero-order chi connectivity index (χ0) is 9.84. The van der Waals surface area contributed by atoms with Crippen molar-refractivity contribution in [2.75, 3.05) is 0 Å². The van der Waals surface area contributed by atoms with Crippen LogP contribution in [0.15, 0.2) is 12.4 Å². The van der Waals surface area contributed by atoms with Crippen LogP contribution in [-0.4, -0.2) is 9.78 Å². The van der Waals surface area contributed by atoms with Gasteiger partial charge in [0.05, 0.1) is 6.20 Å². The first kappa shape index (κ1) is 10.3. The number of hydrogen-bond donors (Lipinski definition) is 1. The van der Waals surface area contributed by atoms with Crippen LogP contribution in [0.2, 0.25) is 0 Å². The molecule has 0 aliphatic rings. The minimum absolute atomic E-state index is 0.0906. The number of nitrogens with two attached hydrogens (primary N) is 1. The highest BCUT2D eigenvalue weighted by Gasteiger charge is 2.03. The quantitative estimate of drug-likeness (QED) is 0.771. The van der Waals surface area contributed by atoms with Gasteiger partial charge in [-0.3, -0.25) is 4.68 Å². The van der Waals surface area contributed by atoms with Crippen LogP contribution in [0.5, 0.6) is 0 Å². The molecule has 1 aromatic heterocycles. The Hall–Kier alpha value is -0.830. The largest absolute Gasteiger partial charge is 0.324 e. The van der Waals surface area contributed by atoms with Crippen LogP contribution >= 0.6 is 0 Å². The topological polar surface area (TPSA) is 43.8 Å². The molecule has 0 saturated carbocycles. The smallest absolute Gasteiger partial charge is 0.0537 e. The van der Waals surface area contributed by atoms with Gasteiger partial charge in [0.15, 0.2) is 0 Å². The molecule has 0 aliphatic heterocycles. The molecule has 74 valence electrons. The summed E-state index contributed by atoms with van der Waals surface area (Å²) < 4.78 is 1.97. The summed E-state index contributed by atoms with van der Waals surface area (Å²) >= 11 is 0. The third-order valence-corrected chi connectivity index (χ3v) is 2.11. The van der Waals surface area contributed by atoms with Gasteiger partial charge in [0.1, 0.15) is 0 Å². The molecule has 0 radical (unpaired) electrons. The lowest BCUT2D eigenvalue weighted by Crippen LogP contribution is -2.04. The zero-order valence-corrected chi connectivity index (χ0v) is 8.70. The van der Waals surface area contributed by atoms with Crippen molar-refractivity contribution in [1.29, 1.82) is 0 Å². The first-order chi connectivity index (χ1) is 6.09. The molecular formula is C10H19N3. The molecule has 3 heteroatoms. The molecule has 0 aromatic carbocycles. The van der Waals surface area contributed by atoms with Crippen LogP contribution in [0.4, 0.5) is 0 Å². The second-order valence-electron chi connectivity index (χ2n) is 4.01. The highest BCUT2D eigenvalue weighted by molar-refractivity contribution is 5.07. The lowest BCUT2D eigenvalue weighted by atomic mass is 10.1. The number of nitrogens with zero attached hydrogens (tertiary/aromatic N) is 2. The highest BCUT2D eigenvalue weighted by atomic mass is 15.3. The molecule has 1 rings (SSSR count). The monoisotopic (exact) mass is 181 g/mol. The fraction of sp³-hybridized carbons (Fsp3) is 0.700. The Kier molecular flexibility index (Phi) is 3.48. The Bertz CT molecular complexity index is 250. The first-order valence-corrected chi connectivity index (χ1v) is 4.87. The van der Waals surface area contributed by atoms with Gasteiger partial charge in [0.2, 0.25) is 0 Å². The van der Waals surface area contributed by atoms with Gasteiger partial charge in [-0.25, -0.2) is 0 Å². The number of aryl methyl sites for hydroxylation is 1. The van der Waals surface area contributed by atoms with Gasteiger partial charge in [0.25, 0.3) is 0 Å². The van der Waals surface area contributed by atoms with Crippen molar-refractivity contribution >= 4 is 0 Å². The molecule has 13 heavy (non-hydrogen) atoms. The lowest BCUT2D eigenvalue weighted by molar-refractivity contribution is 0.487. The summed E-state index contributed by atoms with van der Waals surface area (Å²) in [5.41, 5.74) is 6.84. The highest BCUT2D eigenvalue weighted by Crippen LogP contribution is 2.08. The van der Waals surface area contributed by atoms with Crippen molar-refractivity contribution in [2.24, 2.45) is 11.7 Å². The Labute approximate surface area is 79.9 Å². The van der Waals surface area contributed by atoms with Crippen molar-refractivity contribution in [1.82, 2.24) is 9.78 Å². The van der Waals surface area contributed by atoms with Crippen LogP contribution in [0.3, 0.4) is 0 Å². The maximum absolute atomic E-state index is 5.73. The summed E-state index contributed by atoms with van der Waals surface area (Å²) in [5, 5.41) is 4.25. The zero-order valence-electron chi connectivity index (χ0n) is 8.70. The molecule has 1 atom stereocenters. The molecule has 1 unspecified atom stereocenters. The van der Waals surface area contributed by atoms with Crippen LogP contribution < -0.4 is 5.73 Å². The lowest BCUT2D eigenvalue weighted by Gasteiger charge is -2.04. The Morgan fingerprint density at radius 1 is 1.46 bits per heavy atom. The van der Waals surface area contributed by atoms with E-state index in [4.69, 9.17) is 5.73 Å². The average Bonchev–Trinajstić information content (AvgIpc) is 2.48. The molecule has 0 bridgehead atoms. The number of aromatic nitrogens is 2. The molecule has 1 heterocycles. The summed E-state index contributed by atoms with van der Waals surface area (Å²) in [4.78, 5) is 0. The van der Waals surface area contributed by atoms with E-state index >= 15 is 0 Å². The maximum atomic E-state index is 5.73. The van der Waals surface area contributed by atoms with E-state index in [0.717, 1.165) is 18.0 Å². The second-order valence-corrected chi connectivity index (χ2v) is 4.01. The molecule has 2 N–H and O–H groups in total. The summed E-state index contributed by atoms with van der Waals surface area (Å²) in [6.07, 6.45) is 5.05. The van der Waals surface area contributed by atoms with Crippen LogP contribution in [0, 0.1) is 5.92 Å². The normalized spacial score (nSPS) is 13.6. The first-order valence-electron chi connectivity index (χ1n) is 4.87. The standard InChI is InChI=1S/C10H19N3/c1-8(2)4-5-13-7-10(6-12-13)9(3)11/h6-9H,4-5,11H2,1-3H3. The Balaban J connectivity index is 2.49. The van der Waals surface area contributed by atoms with E-state index in [2.05, 4.69) is 18.9 Å². The van der Waals surface area contributed by atoms with Crippen LogP contribution in [0.25, 0.3) is 0 Å². The van der Waals surface area contributed by atoms with Crippen molar-refractivity contribution in [3.63, 3.8) is 0 Å². The van der Waals surface area contributed by atoms with E-state index in [1.54, 1.807) is 0 Å². The average molecular weight is 181 g/mol. The van der Waals surface area contributed by atoms with Gasteiger partial charge in [0, 0.05) is 24.3 Å². The third kappa shape index (κ3) is 3.19. The Morgan fingerprint density at radius 2 is 2.15 bits per heavy atom. The number of rotatable bonds is 4. The van der Waals surface area contributed by atoms with Gasteiger partial charge in [-0.2, -0.15) is 5.10 Å². The van der Waals surface area contributed by atoms with Crippen molar-refractivity contribution in [2.45, 2.75) is 39.8 Å². The van der Waals surface area contributed by atoms with Crippen molar-refractivity contribution in [3.05, 3.63) is 18.0 Å². The summed E-state index contributed by atoms with van der Waals surface area (Å²) in [5.74, 6) is 0.725. The predicted octanol–water partition coefficient (Wildman–Crippen LogP) is 1.95. The van der Waals surface area contributed by atoms with E-state index in [9.17, 15) is 0 Å². The Morgan fingerprint density at radius 3 is 2.62 bits per heavy atom. The predicted molar refractivity (Wildman–Crippen MR) is 54.3 cm³/mol. The van der Waals surface area contributed by atoms with E-state index in [0.29, 0.717) is 0 Å². The molecule has 0 saturated heterocycles. The van der Waals surface area contributed by atoms with Gasteiger partial charge >= 0.3 is 0 Å². The van der Waals surface area contributed by atoms with Gasteiger partial charge in [-0.15, -0.1) is 0 Å². The summed E-state index contributed by atoms with van der Waals surface area (Å²) in [6.45, 7) is 7.40. The summed E-state index contributed by atoms with van der Waals surface area (Å²) in [7, 11) is 0. The van der Waals surface area contributed by atoms with E-state index in [1.807, 2.05) is 24.0 Å². The van der Waals surface area contributed by atoms with Crippen LogP contribution in [-0.2, 0) is 6.54 Å². The van der Waals surface area contributed by atoms with Crippen LogP contribution in [0.1, 0.15) is 38.8 Å². The van der Waals surface area contributed by atoms with Gasteiger partial charge in [-0.1, -0.05) is 13.8 Å². The molecule has 1 aromatic rings.